The molecule has 0 saturated carbocycles. The van der Waals surface area contributed by atoms with Gasteiger partial charge < -0.3 is 0 Å². The fourth-order valence-corrected chi connectivity index (χ4v) is 4.30. The minimum absolute atomic E-state index is 0.0961. The van der Waals surface area contributed by atoms with E-state index in [1.54, 1.807) is 18.2 Å². The summed E-state index contributed by atoms with van der Waals surface area (Å²) in [4.78, 5) is 22.8. The quantitative estimate of drug-likeness (QED) is 0.209. The molecule has 4 nitrogen and oxygen atoms in total. The molecule has 2 rings (SSSR count). The lowest BCUT2D eigenvalue weighted by Crippen LogP contribution is -1.88. The highest BCUT2D eigenvalue weighted by molar-refractivity contribution is 8.01. The lowest BCUT2D eigenvalue weighted by Gasteiger charge is -2.03. The normalized spacial score (nSPS) is 8.38. The molecule has 1 heterocycles. The van der Waals surface area contributed by atoms with Crippen LogP contribution in [0.5, 0.6) is 0 Å². The van der Waals surface area contributed by atoms with Gasteiger partial charge in [-0.1, -0.05) is 52.5 Å². The fraction of sp³-hybridized carbons (Fsp3) is 0.0476. The molecule has 144 valence electrons. The summed E-state index contributed by atoms with van der Waals surface area (Å²) in [5, 5.41) is 11.7. The molecule has 0 spiro atoms. The van der Waals surface area contributed by atoms with Gasteiger partial charge in [0.1, 0.15) is 4.21 Å². The van der Waals surface area contributed by atoms with Crippen molar-refractivity contribution in [2.45, 2.75) is 16.0 Å². The molecule has 8 heteroatoms. The molecule has 0 aliphatic heterocycles. The van der Waals surface area contributed by atoms with Crippen LogP contribution in [0.4, 0.5) is 5.69 Å². The maximum atomic E-state index is 11.3. The van der Waals surface area contributed by atoms with Gasteiger partial charge in [0.2, 0.25) is 0 Å². The second-order valence-corrected chi connectivity index (χ2v) is 7.88. The molecule has 0 amide bonds. The number of hydrogen-bond donors (Lipinski definition) is 0. The van der Waals surface area contributed by atoms with Crippen LogP contribution in [-0.4, -0.2) is 10.7 Å². The molecule has 0 radical (unpaired) electrons. The molecular formula is C21H11Cl2NO3S2. The highest BCUT2D eigenvalue weighted by Gasteiger charge is 2.22. The Balaban J connectivity index is 0.000000396. The number of nitro groups is 1. The van der Waals surface area contributed by atoms with Crippen LogP contribution >= 0.6 is 46.3 Å². The Kier molecular flexibility index (Phi) is 10.5. The predicted molar refractivity (Wildman–Crippen MR) is 117 cm³/mol. The van der Waals surface area contributed by atoms with Gasteiger partial charge in [0, 0.05) is 11.0 Å². The van der Waals surface area contributed by atoms with E-state index in [-0.39, 0.29) is 11.5 Å². The van der Waals surface area contributed by atoms with Crippen molar-refractivity contribution < 1.29 is 9.72 Å². The highest BCUT2D eigenvalue weighted by atomic mass is 35.5. The van der Waals surface area contributed by atoms with Crippen molar-refractivity contribution in [3.8, 4) is 0 Å². The van der Waals surface area contributed by atoms with Gasteiger partial charge in [-0.25, -0.2) is 0 Å². The van der Waals surface area contributed by atoms with Crippen LogP contribution in [0.25, 0.3) is 0 Å². The third-order valence-electron chi connectivity index (χ3n) is 2.77. The van der Waals surface area contributed by atoms with Crippen LogP contribution in [0.2, 0.25) is 10.0 Å². The van der Waals surface area contributed by atoms with Crippen molar-refractivity contribution in [3.63, 3.8) is 0 Å². The minimum Gasteiger partial charge on any atom is -0.294 e. The van der Waals surface area contributed by atoms with Crippen LogP contribution in [0.3, 0.4) is 0 Å². The van der Waals surface area contributed by atoms with Gasteiger partial charge in [-0.3, -0.25) is 14.9 Å². The fourth-order valence-electron chi connectivity index (χ4n) is 1.58. The van der Waals surface area contributed by atoms with Crippen molar-refractivity contribution >= 4 is 57.8 Å². The van der Waals surface area contributed by atoms with Crippen LogP contribution < -0.4 is 0 Å². The first-order chi connectivity index (χ1) is 13.8. The summed E-state index contributed by atoms with van der Waals surface area (Å²) < 4.78 is 0.407. The second-order valence-electron chi connectivity index (χ2n) is 4.73. The Bertz CT molecular complexity index is 1170. The standard InChI is InChI=1S/C12H7Cl2NO3S2.C9H4/c1-6(16)10-5-8(15(17)18)12(20-10)19-9-4-2-3-7(13)11(9)14;1-3-5-7-9-8-6-4-2/h2-5H,1H3;1-2H2. The maximum absolute atomic E-state index is 11.3. The number of Topliss-reactive ketones (excluding diaryl/α,β-unsaturated/α-hetero) is 1. The number of carbonyl (C=O) groups excluding carboxylic acids is 1. The molecule has 0 saturated heterocycles. The molecule has 0 aliphatic rings. The average Bonchev–Trinajstić information content (AvgIpc) is 3.10. The van der Waals surface area contributed by atoms with Crippen LogP contribution in [0.15, 0.2) is 86.6 Å². The molecular weight excluding hydrogens is 449 g/mol. The summed E-state index contributed by atoms with van der Waals surface area (Å²) in [6.45, 7) is 7.90. The first kappa shape index (κ1) is 24.2. The third kappa shape index (κ3) is 7.94. The Labute approximate surface area is 185 Å². The van der Waals surface area contributed by atoms with Gasteiger partial charge >= 0.3 is 0 Å². The number of benzene rings is 1. The van der Waals surface area contributed by atoms with E-state index in [1.807, 2.05) is 0 Å². The van der Waals surface area contributed by atoms with Gasteiger partial charge in [-0.2, -0.15) is 0 Å². The predicted octanol–water partition coefficient (Wildman–Crippen LogP) is 7.20. The zero-order valence-electron chi connectivity index (χ0n) is 15.0. The van der Waals surface area contributed by atoms with Crippen molar-refractivity contribution in [2.24, 2.45) is 0 Å². The summed E-state index contributed by atoms with van der Waals surface area (Å²) in [7, 11) is 0. The lowest BCUT2D eigenvalue weighted by atomic mass is 10.3. The highest BCUT2D eigenvalue weighted by Crippen LogP contribution is 2.44. The van der Waals surface area contributed by atoms with E-state index in [1.165, 1.54) is 13.0 Å². The lowest BCUT2D eigenvalue weighted by molar-refractivity contribution is -0.387. The molecule has 0 aliphatic carbocycles. The Morgan fingerprint density at radius 2 is 1.72 bits per heavy atom. The molecule has 0 atom stereocenters. The smallest absolute Gasteiger partial charge is 0.294 e. The first-order valence-corrected chi connectivity index (χ1v) is 9.90. The second kappa shape index (κ2) is 12.6. The molecule has 0 fully saturated rings. The summed E-state index contributed by atoms with van der Waals surface area (Å²) >= 11 is 14.2. The van der Waals surface area contributed by atoms with Crippen molar-refractivity contribution in [1.82, 2.24) is 0 Å². The van der Waals surface area contributed by atoms with Crippen LogP contribution in [-0.2, 0) is 0 Å². The summed E-state index contributed by atoms with van der Waals surface area (Å²) in [5.74, 6) is -0.206. The molecule has 2 aromatic rings. The minimum atomic E-state index is -0.510. The van der Waals surface area contributed by atoms with Crippen LogP contribution in [0.1, 0.15) is 16.6 Å². The van der Waals surface area contributed by atoms with E-state index in [2.05, 4.69) is 53.3 Å². The van der Waals surface area contributed by atoms with E-state index in [0.717, 1.165) is 23.1 Å². The van der Waals surface area contributed by atoms with Gasteiger partial charge in [-0.15, -0.1) is 11.3 Å². The summed E-state index contributed by atoms with van der Waals surface area (Å²) in [6, 6.07) is 6.35. The van der Waals surface area contributed by atoms with Gasteiger partial charge in [-0.05, 0) is 60.9 Å². The Hall–Kier alpha value is -2.88. The molecule has 0 unspecified atom stereocenters. The molecule has 1 aromatic carbocycles. The van der Waals surface area contributed by atoms with Crippen molar-refractivity contribution in [1.29, 1.82) is 0 Å². The number of ketones is 1. The van der Waals surface area contributed by atoms with Gasteiger partial charge in [0.25, 0.3) is 5.69 Å². The van der Waals surface area contributed by atoms with E-state index >= 15 is 0 Å². The first-order valence-electron chi connectivity index (χ1n) is 7.52. The van der Waals surface area contributed by atoms with Gasteiger partial charge in [0.05, 0.1) is 19.8 Å². The third-order valence-corrected chi connectivity index (χ3v) is 6.17. The topological polar surface area (TPSA) is 60.2 Å². The van der Waals surface area contributed by atoms with E-state index in [9.17, 15) is 14.9 Å². The van der Waals surface area contributed by atoms with E-state index < -0.39 is 4.92 Å². The molecule has 1 aromatic heterocycles. The van der Waals surface area contributed by atoms with Crippen molar-refractivity contribution in [2.75, 3.05) is 0 Å². The largest absolute Gasteiger partial charge is 0.294 e. The van der Waals surface area contributed by atoms with E-state index in [4.69, 9.17) is 23.2 Å². The SMILES string of the molecule is C=C=C=C=C=C=C=C=C.CC(=O)c1cc([N+](=O)[O-])c(Sc2cccc(Cl)c2Cl)s1. The number of thiophene rings is 1. The van der Waals surface area contributed by atoms with Crippen LogP contribution in [0, 0.1) is 10.1 Å². The zero-order chi connectivity index (χ0) is 21.8. The number of carbonyl (C=O) groups is 1. The number of nitrogens with zero attached hydrogens (tertiary/aromatic N) is 1. The molecule has 0 bridgehead atoms. The molecule has 29 heavy (non-hydrogen) atoms. The molecule has 0 N–H and O–H groups in total. The maximum Gasteiger partial charge on any atom is 0.294 e. The van der Waals surface area contributed by atoms with Gasteiger partial charge in [0.15, 0.2) is 5.78 Å². The Morgan fingerprint density at radius 1 is 1.14 bits per heavy atom. The Morgan fingerprint density at radius 3 is 2.24 bits per heavy atom. The zero-order valence-corrected chi connectivity index (χ0v) is 18.1. The monoisotopic (exact) mass is 459 g/mol. The van der Waals surface area contributed by atoms with Crippen molar-refractivity contribution in [3.05, 3.63) is 103 Å². The number of hydrogen-bond acceptors (Lipinski definition) is 5. The number of rotatable bonds is 4. The average molecular weight is 460 g/mol. The van der Waals surface area contributed by atoms with E-state index in [0.29, 0.717) is 24.0 Å². The summed E-state index contributed by atoms with van der Waals surface area (Å²) in [6.07, 6.45) is 0. The summed E-state index contributed by atoms with van der Waals surface area (Å²) in [5.41, 5.74) is 16.9. The number of halogens is 2.